The van der Waals surface area contributed by atoms with Crippen molar-refractivity contribution in [3.05, 3.63) is 0 Å². The average Bonchev–Trinajstić information content (AvgIpc) is 3.14. The van der Waals surface area contributed by atoms with Gasteiger partial charge in [0.2, 0.25) is 0 Å². The van der Waals surface area contributed by atoms with Crippen molar-refractivity contribution < 1.29 is 0 Å². The lowest BCUT2D eigenvalue weighted by atomic mass is 9.97. The number of piperidine rings is 1. The van der Waals surface area contributed by atoms with Crippen LogP contribution in [-0.2, 0) is 0 Å². The maximum absolute atomic E-state index is 3.74. The Labute approximate surface area is 93.2 Å². The topological polar surface area (TPSA) is 24.1 Å². The molecule has 0 spiro atoms. The number of hydrogen-bond acceptors (Lipinski definition) is 2. The molecule has 2 N–H and O–H groups in total. The normalized spacial score (nSPS) is 34.0. The Morgan fingerprint density at radius 2 is 2.07 bits per heavy atom. The van der Waals surface area contributed by atoms with Gasteiger partial charge in [0.25, 0.3) is 0 Å². The van der Waals surface area contributed by atoms with Gasteiger partial charge in [-0.3, -0.25) is 0 Å². The van der Waals surface area contributed by atoms with Crippen LogP contribution < -0.4 is 10.6 Å². The highest BCUT2D eigenvalue weighted by molar-refractivity contribution is 5.05. The summed E-state index contributed by atoms with van der Waals surface area (Å²) in [6, 6.07) is 0. The summed E-state index contributed by atoms with van der Waals surface area (Å²) in [5.74, 6) is 2.00. The quantitative estimate of drug-likeness (QED) is 0.719. The van der Waals surface area contributed by atoms with Gasteiger partial charge in [0.15, 0.2) is 0 Å². The van der Waals surface area contributed by atoms with Gasteiger partial charge in [0, 0.05) is 6.54 Å². The van der Waals surface area contributed by atoms with E-state index in [-0.39, 0.29) is 0 Å². The molecule has 2 heteroatoms. The summed E-state index contributed by atoms with van der Waals surface area (Å²) in [6.07, 6.45) is 8.86. The predicted octanol–water partition coefficient (Wildman–Crippen LogP) is 1.77. The predicted molar refractivity (Wildman–Crippen MR) is 62.9 cm³/mol. The third kappa shape index (κ3) is 2.36. The van der Waals surface area contributed by atoms with Crippen LogP contribution in [0.3, 0.4) is 0 Å². The second kappa shape index (κ2) is 4.06. The molecule has 0 aromatic rings. The molecule has 1 atom stereocenters. The molecule has 2 aliphatic carbocycles. The van der Waals surface area contributed by atoms with E-state index in [0.717, 1.165) is 17.3 Å². The van der Waals surface area contributed by atoms with Crippen LogP contribution in [-0.4, -0.2) is 26.2 Å². The molecule has 1 heterocycles. The van der Waals surface area contributed by atoms with Crippen molar-refractivity contribution in [1.29, 1.82) is 0 Å². The largest absolute Gasteiger partial charge is 0.316 e. The van der Waals surface area contributed by atoms with E-state index >= 15 is 0 Å². The Bertz CT molecular complexity index is 213. The minimum atomic E-state index is 0.780. The van der Waals surface area contributed by atoms with Gasteiger partial charge in [-0.25, -0.2) is 0 Å². The summed E-state index contributed by atoms with van der Waals surface area (Å²) in [5.41, 5.74) is 0.780. The molecule has 2 saturated carbocycles. The standard InChI is InChI=1S/C13H24N2/c1-2-11(8-14-7-1)9-15-10-13(5-6-13)12-3-4-12/h11-12,14-15H,1-10H2. The molecule has 86 valence electrons. The Kier molecular flexibility index (Phi) is 2.73. The zero-order valence-corrected chi connectivity index (χ0v) is 9.73. The van der Waals surface area contributed by atoms with Crippen LogP contribution in [0.1, 0.15) is 38.5 Å². The van der Waals surface area contributed by atoms with Crippen molar-refractivity contribution in [2.45, 2.75) is 38.5 Å². The van der Waals surface area contributed by atoms with Crippen molar-refractivity contribution in [3.8, 4) is 0 Å². The van der Waals surface area contributed by atoms with Crippen LogP contribution >= 0.6 is 0 Å². The SMILES string of the molecule is C1CNCC(CNCC2(C3CC3)CC2)C1. The van der Waals surface area contributed by atoms with Crippen LogP contribution in [0.15, 0.2) is 0 Å². The summed E-state index contributed by atoms with van der Waals surface area (Å²) in [4.78, 5) is 0. The molecule has 1 aliphatic heterocycles. The Morgan fingerprint density at radius 3 is 2.67 bits per heavy atom. The Hall–Kier alpha value is -0.0800. The minimum absolute atomic E-state index is 0.780. The monoisotopic (exact) mass is 208 g/mol. The second-order valence-electron chi connectivity index (χ2n) is 5.98. The second-order valence-corrected chi connectivity index (χ2v) is 5.98. The molecule has 1 unspecified atom stereocenters. The van der Waals surface area contributed by atoms with Gasteiger partial charge >= 0.3 is 0 Å². The molecule has 2 nitrogen and oxygen atoms in total. The zero-order chi connectivity index (χ0) is 10.1. The lowest BCUT2D eigenvalue weighted by Gasteiger charge is -2.24. The van der Waals surface area contributed by atoms with Crippen LogP contribution in [0.4, 0.5) is 0 Å². The molecule has 3 aliphatic rings. The van der Waals surface area contributed by atoms with Crippen molar-refractivity contribution in [2.75, 3.05) is 26.2 Å². The first-order valence-electron chi connectivity index (χ1n) is 6.80. The van der Waals surface area contributed by atoms with E-state index in [0.29, 0.717) is 0 Å². The van der Waals surface area contributed by atoms with Crippen LogP contribution in [0.5, 0.6) is 0 Å². The van der Waals surface area contributed by atoms with Crippen LogP contribution in [0, 0.1) is 17.3 Å². The maximum atomic E-state index is 3.74. The molecule has 0 aromatic heterocycles. The van der Waals surface area contributed by atoms with E-state index in [1.807, 2.05) is 0 Å². The lowest BCUT2D eigenvalue weighted by molar-refractivity contribution is 0.332. The van der Waals surface area contributed by atoms with E-state index in [1.165, 1.54) is 64.7 Å². The smallest absolute Gasteiger partial charge is 0.00106 e. The van der Waals surface area contributed by atoms with Crippen LogP contribution in [0.2, 0.25) is 0 Å². The fourth-order valence-corrected chi connectivity index (χ4v) is 3.21. The first-order valence-corrected chi connectivity index (χ1v) is 6.80. The molecule has 15 heavy (non-hydrogen) atoms. The molecule has 3 fully saturated rings. The van der Waals surface area contributed by atoms with Gasteiger partial charge < -0.3 is 10.6 Å². The Balaban J connectivity index is 1.35. The van der Waals surface area contributed by atoms with Crippen LogP contribution in [0.25, 0.3) is 0 Å². The van der Waals surface area contributed by atoms with Gasteiger partial charge in [-0.15, -0.1) is 0 Å². The highest BCUT2D eigenvalue weighted by Gasteiger charge is 2.53. The van der Waals surface area contributed by atoms with Gasteiger partial charge in [-0.2, -0.15) is 0 Å². The van der Waals surface area contributed by atoms with Gasteiger partial charge in [0.1, 0.15) is 0 Å². The van der Waals surface area contributed by atoms with Crippen molar-refractivity contribution >= 4 is 0 Å². The molecule has 1 saturated heterocycles. The third-order valence-corrected chi connectivity index (χ3v) is 4.64. The zero-order valence-electron chi connectivity index (χ0n) is 9.73. The fourth-order valence-electron chi connectivity index (χ4n) is 3.21. The molecular formula is C13H24N2. The molecule has 0 aromatic carbocycles. The number of nitrogens with one attached hydrogen (secondary N) is 2. The van der Waals surface area contributed by atoms with Crippen molar-refractivity contribution in [1.82, 2.24) is 10.6 Å². The van der Waals surface area contributed by atoms with Gasteiger partial charge in [-0.1, -0.05) is 0 Å². The highest BCUT2D eigenvalue weighted by atomic mass is 14.9. The highest BCUT2D eigenvalue weighted by Crippen LogP contribution is 2.60. The Morgan fingerprint density at radius 1 is 1.20 bits per heavy atom. The molecular weight excluding hydrogens is 184 g/mol. The van der Waals surface area contributed by atoms with Crippen molar-refractivity contribution in [2.24, 2.45) is 17.3 Å². The molecule has 0 bridgehead atoms. The molecule has 0 radical (unpaired) electrons. The van der Waals surface area contributed by atoms with E-state index in [1.54, 1.807) is 0 Å². The van der Waals surface area contributed by atoms with Crippen molar-refractivity contribution in [3.63, 3.8) is 0 Å². The molecule has 3 rings (SSSR count). The fraction of sp³-hybridized carbons (Fsp3) is 1.00. The minimum Gasteiger partial charge on any atom is -0.316 e. The number of hydrogen-bond donors (Lipinski definition) is 2. The average molecular weight is 208 g/mol. The summed E-state index contributed by atoms with van der Waals surface area (Å²) < 4.78 is 0. The number of rotatable bonds is 5. The first kappa shape index (κ1) is 10.1. The van der Waals surface area contributed by atoms with E-state index in [9.17, 15) is 0 Å². The first-order chi connectivity index (χ1) is 7.39. The lowest BCUT2D eigenvalue weighted by Crippen LogP contribution is -2.38. The summed E-state index contributed by atoms with van der Waals surface area (Å²) in [6.45, 7) is 5.04. The summed E-state index contributed by atoms with van der Waals surface area (Å²) in [5, 5.41) is 7.23. The maximum Gasteiger partial charge on any atom is 0.00106 e. The summed E-state index contributed by atoms with van der Waals surface area (Å²) >= 11 is 0. The van der Waals surface area contributed by atoms with E-state index < -0.39 is 0 Å². The van der Waals surface area contributed by atoms with E-state index in [2.05, 4.69) is 10.6 Å². The van der Waals surface area contributed by atoms with Gasteiger partial charge in [-0.05, 0) is 75.4 Å². The van der Waals surface area contributed by atoms with E-state index in [4.69, 9.17) is 0 Å². The van der Waals surface area contributed by atoms with Gasteiger partial charge in [0.05, 0.1) is 0 Å². The third-order valence-electron chi connectivity index (χ3n) is 4.64. The molecule has 0 amide bonds. The summed E-state index contributed by atoms with van der Waals surface area (Å²) in [7, 11) is 0.